The van der Waals surface area contributed by atoms with Crippen molar-refractivity contribution in [2.75, 3.05) is 6.54 Å². The van der Waals surface area contributed by atoms with E-state index in [-0.39, 0.29) is 37.0 Å². The number of fused-ring (bicyclic) bond motifs is 1. The zero-order chi connectivity index (χ0) is 15.7. The fourth-order valence-corrected chi connectivity index (χ4v) is 3.09. The van der Waals surface area contributed by atoms with Crippen molar-refractivity contribution in [2.45, 2.75) is 31.8 Å². The summed E-state index contributed by atoms with van der Waals surface area (Å²) in [5.41, 5.74) is -0.171. The molecule has 116 valence electrons. The van der Waals surface area contributed by atoms with Crippen LogP contribution in [-0.2, 0) is 16.1 Å². The Morgan fingerprint density at radius 1 is 1.45 bits per heavy atom. The number of amides is 1. The van der Waals surface area contributed by atoms with Crippen LogP contribution in [0.3, 0.4) is 0 Å². The summed E-state index contributed by atoms with van der Waals surface area (Å²) >= 11 is 1.39. The maximum absolute atomic E-state index is 12.2. The molecule has 1 fully saturated rings. The third-order valence-electron chi connectivity index (χ3n) is 3.63. The highest BCUT2D eigenvalue weighted by atomic mass is 32.1. The minimum absolute atomic E-state index is 0.0396. The number of aryl methyl sites for hydroxylation is 1. The summed E-state index contributed by atoms with van der Waals surface area (Å²) in [6.07, 6.45) is 3.23. The molecule has 3 rings (SSSR count). The number of hydrogen-bond donors (Lipinski definition) is 1. The average molecular weight is 321 g/mol. The Morgan fingerprint density at radius 2 is 2.23 bits per heavy atom. The molecule has 1 saturated carbocycles. The van der Waals surface area contributed by atoms with Crippen LogP contribution in [-0.4, -0.2) is 44.0 Å². The second-order valence-corrected chi connectivity index (χ2v) is 6.17. The number of carboxylic acid groups (broad SMARTS) is 1. The molecule has 0 radical (unpaired) electrons. The topological polar surface area (TPSA) is 92.5 Å². The molecule has 2 aromatic heterocycles. The van der Waals surface area contributed by atoms with Gasteiger partial charge in [-0.2, -0.15) is 0 Å². The van der Waals surface area contributed by atoms with Crippen LogP contribution in [0, 0.1) is 0 Å². The second kappa shape index (κ2) is 5.88. The lowest BCUT2D eigenvalue weighted by molar-refractivity contribution is -0.145. The Hall–Kier alpha value is -2.22. The summed E-state index contributed by atoms with van der Waals surface area (Å²) in [6.45, 7) is -0.0699. The standard InChI is InChI=1S/C14H15N3O4S/c18-11(17(7-12(19)20)9-1-2-9)3-5-16-8-15-13-10(14(16)21)4-6-22-13/h4,6,8-9H,1-3,5,7H2,(H,19,20). The van der Waals surface area contributed by atoms with E-state index in [2.05, 4.69) is 4.98 Å². The van der Waals surface area contributed by atoms with E-state index in [0.29, 0.717) is 10.2 Å². The quantitative estimate of drug-likeness (QED) is 0.854. The lowest BCUT2D eigenvalue weighted by Crippen LogP contribution is -2.38. The van der Waals surface area contributed by atoms with E-state index in [0.717, 1.165) is 12.8 Å². The second-order valence-electron chi connectivity index (χ2n) is 5.28. The number of carbonyl (C=O) groups is 2. The highest BCUT2D eigenvalue weighted by molar-refractivity contribution is 7.16. The first-order valence-corrected chi connectivity index (χ1v) is 7.88. The molecule has 0 bridgehead atoms. The van der Waals surface area contributed by atoms with Crippen molar-refractivity contribution < 1.29 is 14.7 Å². The molecular formula is C14H15N3O4S. The first kappa shape index (κ1) is 14.7. The molecule has 8 heteroatoms. The first-order chi connectivity index (χ1) is 10.6. The molecule has 0 aromatic carbocycles. The molecule has 1 aliphatic carbocycles. The molecule has 0 spiro atoms. The molecule has 0 unspecified atom stereocenters. The number of hydrogen-bond acceptors (Lipinski definition) is 5. The summed E-state index contributed by atoms with van der Waals surface area (Å²) < 4.78 is 1.40. The Labute approximate surface area is 129 Å². The fraction of sp³-hybridized carbons (Fsp3) is 0.429. The van der Waals surface area contributed by atoms with E-state index < -0.39 is 5.97 Å². The average Bonchev–Trinajstić information content (AvgIpc) is 3.20. The Bertz CT molecular complexity index is 778. The molecule has 2 aromatic rings. The van der Waals surface area contributed by atoms with E-state index >= 15 is 0 Å². The summed E-state index contributed by atoms with van der Waals surface area (Å²) in [6, 6.07) is 1.76. The molecule has 7 nitrogen and oxygen atoms in total. The van der Waals surface area contributed by atoms with E-state index in [9.17, 15) is 14.4 Å². The smallest absolute Gasteiger partial charge is 0.323 e. The van der Waals surface area contributed by atoms with Gasteiger partial charge in [-0.15, -0.1) is 11.3 Å². The molecule has 1 aliphatic rings. The van der Waals surface area contributed by atoms with Gasteiger partial charge >= 0.3 is 5.97 Å². The molecule has 0 saturated heterocycles. The predicted octanol–water partition coefficient (Wildman–Crippen LogP) is 0.924. The van der Waals surface area contributed by atoms with Crippen molar-refractivity contribution in [1.29, 1.82) is 0 Å². The van der Waals surface area contributed by atoms with Crippen molar-refractivity contribution in [1.82, 2.24) is 14.5 Å². The Balaban J connectivity index is 1.70. The number of aliphatic carboxylic acids is 1. The van der Waals surface area contributed by atoms with Crippen LogP contribution in [0.4, 0.5) is 0 Å². The zero-order valence-electron chi connectivity index (χ0n) is 11.8. The summed E-state index contributed by atoms with van der Waals surface area (Å²) in [5, 5.41) is 11.2. The van der Waals surface area contributed by atoms with Crippen molar-refractivity contribution in [3.8, 4) is 0 Å². The van der Waals surface area contributed by atoms with Gasteiger partial charge in [0.05, 0.1) is 11.7 Å². The largest absolute Gasteiger partial charge is 0.480 e. The Morgan fingerprint density at radius 3 is 2.91 bits per heavy atom. The van der Waals surface area contributed by atoms with Crippen LogP contribution in [0.5, 0.6) is 0 Å². The summed E-state index contributed by atoms with van der Waals surface area (Å²) in [7, 11) is 0. The number of thiophene rings is 1. The number of nitrogens with zero attached hydrogens (tertiary/aromatic N) is 3. The van der Waals surface area contributed by atoms with E-state index in [4.69, 9.17) is 5.11 Å². The van der Waals surface area contributed by atoms with Gasteiger partial charge in [0, 0.05) is 19.0 Å². The highest BCUT2D eigenvalue weighted by Gasteiger charge is 2.33. The third-order valence-corrected chi connectivity index (χ3v) is 4.45. The third kappa shape index (κ3) is 3.01. The Kier molecular flexibility index (Phi) is 3.93. The fourth-order valence-electron chi connectivity index (χ4n) is 2.37. The van der Waals surface area contributed by atoms with Gasteiger partial charge in [-0.05, 0) is 24.3 Å². The zero-order valence-corrected chi connectivity index (χ0v) is 12.6. The van der Waals surface area contributed by atoms with Gasteiger partial charge < -0.3 is 10.0 Å². The van der Waals surface area contributed by atoms with Crippen LogP contribution in [0.1, 0.15) is 19.3 Å². The van der Waals surface area contributed by atoms with Crippen LogP contribution in [0.15, 0.2) is 22.6 Å². The van der Waals surface area contributed by atoms with Crippen molar-refractivity contribution in [3.05, 3.63) is 28.1 Å². The van der Waals surface area contributed by atoms with Gasteiger partial charge in [-0.25, -0.2) is 4.98 Å². The predicted molar refractivity (Wildman–Crippen MR) is 80.9 cm³/mol. The normalized spacial score (nSPS) is 14.2. The van der Waals surface area contributed by atoms with Crippen molar-refractivity contribution >= 4 is 33.4 Å². The van der Waals surface area contributed by atoms with Gasteiger partial charge in [-0.1, -0.05) is 0 Å². The van der Waals surface area contributed by atoms with Crippen LogP contribution < -0.4 is 5.56 Å². The number of carboxylic acids is 1. The van der Waals surface area contributed by atoms with E-state index in [1.54, 1.807) is 11.4 Å². The minimum atomic E-state index is -1.02. The number of carbonyl (C=O) groups excluding carboxylic acids is 1. The van der Waals surface area contributed by atoms with Crippen LogP contribution in [0.25, 0.3) is 10.2 Å². The SMILES string of the molecule is O=C(O)CN(C(=O)CCn1cnc2sccc2c1=O)C1CC1. The molecule has 0 atom stereocenters. The van der Waals surface area contributed by atoms with Crippen molar-refractivity contribution in [3.63, 3.8) is 0 Å². The number of rotatable bonds is 6. The summed E-state index contributed by atoms with van der Waals surface area (Å²) in [4.78, 5) is 41.5. The molecule has 2 heterocycles. The molecule has 22 heavy (non-hydrogen) atoms. The van der Waals surface area contributed by atoms with E-state index in [1.165, 1.54) is 27.1 Å². The van der Waals surface area contributed by atoms with Gasteiger partial charge in [0.1, 0.15) is 11.4 Å². The van der Waals surface area contributed by atoms with Crippen LogP contribution in [0.2, 0.25) is 0 Å². The maximum atomic E-state index is 12.2. The molecule has 1 N–H and O–H groups in total. The highest BCUT2D eigenvalue weighted by Crippen LogP contribution is 2.27. The molecule has 1 amide bonds. The van der Waals surface area contributed by atoms with Gasteiger partial charge in [0.2, 0.25) is 5.91 Å². The van der Waals surface area contributed by atoms with Gasteiger partial charge in [0.15, 0.2) is 0 Å². The van der Waals surface area contributed by atoms with E-state index in [1.807, 2.05) is 0 Å². The lowest BCUT2D eigenvalue weighted by atomic mass is 10.3. The van der Waals surface area contributed by atoms with Gasteiger partial charge in [-0.3, -0.25) is 19.0 Å². The molecule has 0 aliphatic heterocycles. The van der Waals surface area contributed by atoms with Crippen LogP contribution >= 0.6 is 11.3 Å². The molecular weight excluding hydrogens is 306 g/mol. The first-order valence-electron chi connectivity index (χ1n) is 7.00. The lowest BCUT2D eigenvalue weighted by Gasteiger charge is -2.20. The van der Waals surface area contributed by atoms with Crippen molar-refractivity contribution in [2.24, 2.45) is 0 Å². The number of aromatic nitrogens is 2. The minimum Gasteiger partial charge on any atom is -0.480 e. The van der Waals surface area contributed by atoms with Gasteiger partial charge in [0.25, 0.3) is 5.56 Å². The summed E-state index contributed by atoms with van der Waals surface area (Å²) in [5.74, 6) is -1.25. The monoisotopic (exact) mass is 321 g/mol. The maximum Gasteiger partial charge on any atom is 0.323 e.